The first-order chi connectivity index (χ1) is 15.5. The Labute approximate surface area is 185 Å². The Morgan fingerprint density at radius 1 is 1.09 bits per heavy atom. The van der Waals surface area contributed by atoms with Gasteiger partial charge < -0.3 is 20.5 Å². The Bertz CT molecular complexity index is 1180. The summed E-state index contributed by atoms with van der Waals surface area (Å²) >= 11 is 0. The minimum atomic E-state index is -4.72. The minimum Gasteiger partial charge on any atom is -0.465 e. The van der Waals surface area contributed by atoms with Gasteiger partial charge in [0.1, 0.15) is 11.6 Å². The minimum absolute atomic E-state index is 0.141. The summed E-state index contributed by atoms with van der Waals surface area (Å²) in [6.45, 7) is 1.91. The molecule has 33 heavy (non-hydrogen) atoms. The van der Waals surface area contributed by atoms with Crippen molar-refractivity contribution in [2.45, 2.75) is 19.6 Å². The lowest BCUT2D eigenvalue weighted by molar-refractivity contribution is -0.137. The van der Waals surface area contributed by atoms with Crippen LogP contribution in [-0.2, 0) is 12.7 Å². The maximum Gasteiger partial charge on any atom is 0.416 e. The van der Waals surface area contributed by atoms with Crippen molar-refractivity contribution in [1.82, 2.24) is 10.3 Å². The maximum atomic E-state index is 14.0. The van der Waals surface area contributed by atoms with Gasteiger partial charge in [0.15, 0.2) is 0 Å². The second kappa shape index (κ2) is 9.55. The Balaban J connectivity index is 1.65. The molecule has 0 unspecified atom stereocenters. The average molecular weight is 463 g/mol. The lowest BCUT2D eigenvalue weighted by Gasteiger charge is -2.11. The smallest absolute Gasteiger partial charge is 0.416 e. The fraction of sp³-hybridized carbons (Fsp3) is 0.136. The molecular weight excluding hydrogens is 446 g/mol. The zero-order valence-electron chi connectivity index (χ0n) is 17.0. The van der Waals surface area contributed by atoms with E-state index in [2.05, 4.69) is 15.6 Å². The van der Waals surface area contributed by atoms with Gasteiger partial charge in [-0.15, -0.1) is 0 Å². The molecule has 0 aliphatic heterocycles. The number of halogens is 4. The Hall–Kier alpha value is -4.15. The molecule has 0 saturated heterocycles. The van der Waals surface area contributed by atoms with Crippen LogP contribution in [0.25, 0.3) is 0 Å². The van der Waals surface area contributed by atoms with Crippen molar-refractivity contribution >= 4 is 17.7 Å². The van der Waals surface area contributed by atoms with Crippen LogP contribution >= 0.6 is 0 Å². The Morgan fingerprint density at radius 3 is 2.42 bits per heavy atom. The number of ether oxygens (including phenoxy) is 1. The zero-order chi connectivity index (χ0) is 24.2. The Morgan fingerprint density at radius 2 is 1.85 bits per heavy atom. The van der Waals surface area contributed by atoms with Crippen LogP contribution in [0.5, 0.6) is 11.6 Å². The molecule has 0 radical (unpaired) electrons. The van der Waals surface area contributed by atoms with Gasteiger partial charge in [0, 0.05) is 12.6 Å². The number of alkyl halides is 3. The molecule has 3 rings (SSSR count). The molecule has 172 valence electrons. The van der Waals surface area contributed by atoms with E-state index in [0.717, 1.165) is 17.2 Å². The van der Waals surface area contributed by atoms with E-state index < -0.39 is 35.1 Å². The molecule has 0 spiro atoms. The van der Waals surface area contributed by atoms with Crippen LogP contribution < -0.4 is 15.4 Å². The highest BCUT2D eigenvalue weighted by atomic mass is 19.4. The number of aromatic nitrogens is 1. The van der Waals surface area contributed by atoms with Gasteiger partial charge >= 0.3 is 12.3 Å². The number of carbonyl (C=O) groups excluding carboxylic acids is 1. The average Bonchev–Trinajstić information content (AvgIpc) is 2.74. The predicted octanol–water partition coefficient (Wildman–Crippen LogP) is 5.36. The van der Waals surface area contributed by atoms with E-state index in [1.54, 1.807) is 25.1 Å². The molecule has 3 N–H and O–H groups in total. The maximum absolute atomic E-state index is 14.0. The predicted molar refractivity (Wildman–Crippen MR) is 110 cm³/mol. The standard InChI is InChI=1S/C22H17F4N3O4/c1-12-8-13(10-28-21(31)32)2-6-18(12)33-19-7-4-15(11-27-19)29-20(30)16-5-3-14(9-17(16)23)22(24,25)26/h2-9,11,28H,10H2,1H3,(H,29,30)(H,31,32). The second-order valence-corrected chi connectivity index (χ2v) is 6.89. The van der Waals surface area contributed by atoms with Crippen LogP contribution in [0.3, 0.4) is 0 Å². The second-order valence-electron chi connectivity index (χ2n) is 6.89. The normalized spacial score (nSPS) is 11.1. The van der Waals surface area contributed by atoms with Crippen molar-refractivity contribution in [3.05, 3.63) is 82.8 Å². The highest BCUT2D eigenvalue weighted by Crippen LogP contribution is 2.30. The van der Waals surface area contributed by atoms with Crippen LogP contribution in [-0.4, -0.2) is 22.1 Å². The molecule has 3 aromatic rings. The number of aryl methyl sites for hydroxylation is 1. The number of amides is 2. The number of nitrogens with one attached hydrogen (secondary N) is 2. The molecule has 0 saturated carbocycles. The van der Waals surface area contributed by atoms with Crippen molar-refractivity contribution in [2.75, 3.05) is 5.32 Å². The van der Waals surface area contributed by atoms with Gasteiger partial charge in [-0.25, -0.2) is 14.2 Å². The molecule has 1 heterocycles. The summed E-state index contributed by atoms with van der Waals surface area (Å²) < 4.78 is 57.6. The molecule has 2 aromatic carbocycles. The quantitative estimate of drug-likeness (QED) is 0.428. The summed E-state index contributed by atoms with van der Waals surface area (Å²) in [7, 11) is 0. The summed E-state index contributed by atoms with van der Waals surface area (Å²) in [4.78, 5) is 26.8. The van der Waals surface area contributed by atoms with Gasteiger partial charge in [0.25, 0.3) is 5.91 Å². The number of pyridine rings is 1. The SMILES string of the molecule is Cc1cc(CNC(=O)O)ccc1Oc1ccc(NC(=O)c2ccc(C(F)(F)F)cc2F)cn1. The molecule has 1 aromatic heterocycles. The lowest BCUT2D eigenvalue weighted by Crippen LogP contribution is -2.19. The molecular formula is C22H17F4N3O4. The van der Waals surface area contributed by atoms with Crippen molar-refractivity contribution in [2.24, 2.45) is 0 Å². The third-order valence-corrected chi connectivity index (χ3v) is 4.43. The van der Waals surface area contributed by atoms with Crippen LogP contribution in [0.4, 0.5) is 28.0 Å². The van der Waals surface area contributed by atoms with Crippen LogP contribution in [0.2, 0.25) is 0 Å². The highest BCUT2D eigenvalue weighted by Gasteiger charge is 2.31. The van der Waals surface area contributed by atoms with Gasteiger partial charge in [-0.3, -0.25) is 4.79 Å². The number of anilines is 1. The fourth-order valence-electron chi connectivity index (χ4n) is 2.81. The Kier molecular flexibility index (Phi) is 6.80. The molecule has 0 atom stereocenters. The van der Waals surface area contributed by atoms with Gasteiger partial charge in [-0.2, -0.15) is 13.2 Å². The summed E-state index contributed by atoms with van der Waals surface area (Å²) in [5.41, 5.74) is -0.0866. The van der Waals surface area contributed by atoms with E-state index in [0.29, 0.717) is 11.8 Å². The number of hydrogen-bond acceptors (Lipinski definition) is 4. The van der Waals surface area contributed by atoms with Gasteiger partial charge in [0.2, 0.25) is 5.88 Å². The number of carbonyl (C=O) groups is 2. The van der Waals surface area contributed by atoms with E-state index in [4.69, 9.17) is 9.84 Å². The zero-order valence-corrected chi connectivity index (χ0v) is 17.0. The molecule has 0 aliphatic carbocycles. The number of carboxylic acid groups (broad SMARTS) is 1. The molecule has 11 heteroatoms. The van der Waals surface area contributed by atoms with E-state index in [1.807, 2.05) is 0 Å². The number of rotatable bonds is 6. The van der Waals surface area contributed by atoms with Crippen molar-refractivity contribution in [1.29, 1.82) is 0 Å². The number of benzene rings is 2. The van der Waals surface area contributed by atoms with Crippen molar-refractivity contribution in [3.63, 3.8) is 0 Å². The molecule has 7 nitrogen and oxygen atoms in total. The summed E-state index contributed by atoms with van der Waals surface area (Å²) in [5.74, 6) is -1.57. The van der Waals surface area contributed by atoms with E-state index >= 15 is 0 Å². The molecule has 2 amide bonds. The van der Waals surface area contributed by atoms with Crippen LogP contribution in [0, 0.1) is 12.7 Å². The molecule has 0 fully saturated rings. The third kappa shape index (κ3) is 6.19. The topological polar surface area (TPSA) is 101 Å². The summed E-state index contributed by atoms with van der Waals surface area (Å²) in [6.07, 6.45) is -4.61. The van der Waals surface area contributed by atoms with Crippen LogP contribution in [0.1, 0.15) is 27.0 Å². The van der Waals surface area contributed by atoms with Gasteiger partial charge in [0.05, 0.1) is 23.0 Å². The highest BCUT2D eigenvalue weighted by molar-refractivity contribution is 6.04. The first-order valence-electron chi connectivity index (χ1n) is 9.41. The first kappa shape index (κ1) is 23.5. The largest absolute Gasteiger partial charge is 0.465 e. The van der Waals surface area contributed by atoms with Crippen molar-refractivity contribution < 1.29 is 37.0 Å². The van der Waals surface area contributed by atoms with E-state index in [1.165, 1.54) is 18.3 Å². The number of nitrogens with zero attached hydrogens (tertiary/aromatic N) is 1. The molecule has 0 aliphatic rings. The van der Waals surface area contributed by atoms with Crippen molar-refractivity contribution in [3.8, 4) is 11.6 Å². The third-order valence-electron chi connectivity index (χ3n) is 4.43. The van der Waals surface area contributed by atoms with E-state index in [9.17, 15) is 27.2 Å². The monoisotopic (exact) mass is 463 g/mol. The summed E-state index contributed by atoms with van der Waals surface area (Å²) in [5, 5.41) is 13.3. The summed E-state index contributed by atoms with van der Waals surface area (Å²) in [6, 6.07) is 9.61. The van der Waals surface area contributed by atoms with Gasteiger partial charge in [-0.1, -0.05) is 12.1 Å². The van der Waals surface area contributed by atoms with Gasteiger partial charge in [-0.05, 0) is 48.4 Å². The molecule has 0 bridgehead atoms. The number of hydrogen-bond donors (Lipinski definition) is 3. The fourth-order valence-corrected chi connectivity index (χ4v) is 2.81. The van der Waals surface area contributed by atoms with E-state index in [-0.39, 0.29) is 24.2 Å². The first-order valence-corrected chi connectivity index (χ1v) is 9.41. The van der Waals surface area contributed by atoms with Crippen LogP contribution in [0.15, 0.2) is 54.7 Å². The lowest BCUT2D eigenvalue weighted by atomic mass is 10.1.